The third kappa shape index (κ3) is 2.93. The molecular formula is C10H21NO2. The maximum atomic E-state index is 5.73. The first-order valence-corrected chi connectivity index (χ1v) is 5.03. The van der Waals surface area contributed by atoms with Crippen LogP contribution in [0.1, 0.15) is 33.6 Å². The van der Waals surface area contributed by atoms with E-state index in [0.29, 0.717) is 12.6 Å². The summed E-state index contributed by atoms with van der Waals surface area (Å²) in [5, 5.41) is 0. The molecule has 0 saturated carbocycles. The van der Waals surface area contributed by atoms with E-state index in [0.717, 1.165) is 19.4 Å². The zero-order chi connectivity index (χ0) is 9.90. The van der Waals surface area contributed by atoms with E-state index >= 15 is 0 Å². The molecule has 1 aliphatic rings. The third-order valence-electron chi connectivity index (χ3n) is 2.58. The lowest BCUT2D eigenvalue weighted by Gasteiger charge is -2.38. The maximum absolute atomic E-state index is 5.73. The van der Waals surface area contributed by atoms with Gasteiger partial charge in [-0.3, -0.25) is 0 Å². The van der Waals surface area contributed by atoms with E-state index in [1.807, 2.05) is 0 Å². The molecule has 0 aromatic heterocycles. The van der Waals surface area contributed by atoms with Crippen LogP contribution in [-0.4, -0.2) is 25.5 Å². The molecule has 1 rings (SSSR count). The number of ether oxygens (including phenoxy) is 2. The summed E-state index contributed by atoms with van der Waals surface area (Å²) >= 11 is 0. The molecule has 0 aliphatic carbocycles. The lowest BCUT2D eigenvalue weighted by atomic mass is 9.88. The zero-order valence-corrected chi connectivity index (χ0v) is 8.88. The van der Waals surface area contributed by atoms with Gasteiger partial charge in [0.25, 0.3) is 0 Å². The minimum Gasteiger partial charge on any atom is -0.352 e. The van der Waals surface area contributed by atoms with E-state index in [1.54, 1.807) is 0 Å². The van der Waals surface area contributed by atoms with Crippen molar-refractivity contribution in [3.8, 4) is 0 Å². The molecule has 2 unspecified atom stereocenters. The molecule has 2 atom stereocenters. The molecule has 1 saturated heterocycles. The summed E-state index contributed by atoms with van der Waals surface area (Å²) in [4.78, 5) is 0. The molecule has 0 radical (unpaired) electrons. The molecule has 0 aromatic rings. The Morgan fingerprint density at radius 2 is 2.15 bits per heavy atom. The van der Waals surface area contributed by atoms with Crippen LogP contribution in [0.2, 0.25) is 0 Å². The van der Waals surface area contributed by atoms with Crippen molar-refractivity contribution in [3.05, 3.63) is 0 Å². The lowest BCUT2D eigenvalue weighted by Crippen LogP contribution is -2.42. The van der Waals surface area contributed by atoms with Crippen molar-refractivity contribution in [3.63, 3.8) is 0 Å². The molecule has 3 nitrogen and oxygen atoms in total. The third-order valence-corrected chi connectivity index (χ3v) is 2.58. The van der Waals surface area contributed by atoms with Crippen LogP contribution in [0.5, 0.6) is 0 Å². The summed E-state index contributed by atoms with van der Waals surface area (Å²) in [6.07, 6.45) is 2.16. The fourth-order valence-electron chi connectivity index (χ4n) is 1.56. The van der Waals surface area contributed by atoms with Crippen molar-refractivity contribution in [2.75, 3.05) is 13.2 Å². The molecule has 0 aromatic carbocycles. The first kappa shape index (κ1) is 11.0. The highest BCUT2D eigenvalue weighted by Gasteiger charge is 2.34. The minimum absolute atomic E-state index is 0.0312. The summed E-state index contributed by atoms with van der Waals surface area (Å²) < 4.78 is 11.3. The Labute approximate surface area is 80.6 Å². The minimum atomic E-state index is -0.0835. The molecule has 1 aliphatic heterocycles. The first-order valence-electron chi connectivity index (χ1n) is 5.03. The second-order valence-corrected chi connectivity index (χ2v) is 4.47. The molecule has 78 valence electrons. The second-order valence-electron chi connectivity index (χ2n) is 4.47. The quantitative estimate of drug-likeness (QED) is 0.728. The number of rotatable bonds is 3. The van der Waals surface area contributed by atoms with E-state index in [4.69, 9.17) is 15.2 Å². The van der Waals surface area contributed by atoms with Gasteiger partial charge in [0.1, 0.15) is 0 Å². The number of hydrogen-bond acceptors (Lipinski definition) is 3. The first-order chi connectivity index (χ1) is 6.06. The molecule has 13 heavy (non-hydrogen) atoms. The van der Waals surface area contributed by atoms with Crippen molar-refractivity contribution >= 4 is 0 Å². The smallest absolute Gasteiger partial charge is 0.162 e. The van der Waals surface area contributed by atoms with Crippen LogP contribution >= 0.6 is 0 Å². The van der Waals surface area contributed by atoms with Gasteiger partial charge >= 0.3 is 0 Å². The summed E-state index contributed by atoms with van der Waals surface area (Å²) in [6.45, 7) is 7.86. The van der Waals surface area contributed by atoms with E-state index in [9.17, 15) is 0 Å². The van der Waals surface area contributed by atoms with Crippen LogP contribution in [0.3, 0.4) is 0 Å². The van der Waals surface area contributed by atoms with Crippen LogP contribution in [0.15, 0.2) is 0 Å². The summed E-state index contributed by atoms with van der Waals surface area (Å²) in [5.41, 5.74) is 5.58. The molecule has 2 N–H and O–H groups in total. The van der Waals surface area contributed by atoms with Gasteiger partial charge in [0.2, 0.25) is 0 Å². The maximum Gasteiger partial charge on any atom is 0.162 e. The van der Waals surface area contributed by atoms with Crippen molar-refractivity contribution < 1.29 is 9.47 Å². The van der Waals surface area contributed by atoms with Crippen molar-refractivity contribution in [2.24, 2.45) is 11.1 Å². The SMILES string of the molecule is CC1CCOC(C(C)(C)CCN)O1. The van der Waals surface area contributed by atoms with E-state index < -0.39 is 0 Å². The molecule has 0 amide bonds. The van der Waals surface area contributed by atoms with Gasteiger partial charge in [-0.15, -0.1) is 0 Å². The molecule has 0 spiro atoms. The second kappa shape index (κ2) is 4.40. The molecule has 3 heteroatoms. The van der Waals surface area contributed by atoms with Crippen LogP contribution < -0.4 is 5.73 Å². The predicted molar refractivity (Wildman–Crippen MR) is 52.4 cm³/mol. The lowest BCUT2D eigenvalue weighted by molar-refractivity contribution is -0.253. The summed E-state index contributed by atoms with van der Waals surface area (Å²) in [5.74, 6) is 0. The Morgan fingerprint density at radius 3 is 2.69 bits per heavy atom. The standard InChI is InChI=1S/C10H21NO2/c1-8-4-7-12-9(13-8)10(2,3)5-6-11/h8-9H,4-7,11H2,1-3H3. The monoisotopic (exact) mass is 187 g/mol. The zero-order valence-electron chi connectivity index (χ0n) is 8.88. The normalized spacial score (nSPS) is 30.5. The Morgan fingerprint density at radius 1 is 1.46 bits per heavy atom. The average molecular weight is 187 g/mol. The number of nitrogens with two attached hydrogens (primary N) is 1. The average Bonchev–Trinajstić information content (AvgIpc) is 2.04. The molecule has 0 bridgehead atoms. The number of hydrogen-bond donors (Lipinski definition) is 1. The Hall–Kier alpha value is -0.120. The Kier molecular flexibility index (Phi) is 3.71. The predicted octanol–water partition coefficient (Wildman–Crippen LogP) is 1.51. The highest BCUT2D eigenvalue weighted by Crippen LogP contribution is 2.31. The van der Waals surface area contributed by atoms with Crippen molar-refractivity contribution in [2.45, 2.75) is 46.0 Å². The molecular weight excluding hydrogens is 166 g/mol. The van der Waals surface area contributed by atoms with Crippen molar-refractivity contribution in [1.29, 1.82) is 0 Å². The van der Waals surface area contributed by atoms with Crippen LogP contribution in [0, 0.1) is 5.41 Å². The van der Waals surface area contributed by atoms with Crippen LogP contribution in [-0.2, 0) is 9.47 Å². The Balaban J connectivity index is 2.48. The van der Waals surface area contributed by atoms with Gasteiger partial charge in [0.05, 0.1) is 12.7 Å². The van der Waals surface area contributed by atoms with E-state index in [1.165, 1.54) is 0 Å². The summed E-state index contributed by atoms with van der Waals surface area (Å²) in [7, 11) is 0. The van der Waals surface area contributed by atoms with Crippen LogP contribution in [0.4, 0.5) is 0 Å². The van der Waals surface area contributed by atoms with Gasteiger partial charge in [-0.1, -0.05) is 13.8 Å². The van der Waals surface area contributed by atoms with E-state index in [-0.39, 0.29) is 11.7 Å². The fraction of sp³-hybridized carbons (Fsp3) is 1.00. The van der Waals surface area contributed by atoms with E-state index in [2.05, 4.69) is 20.8 Å². The van der Waals surface area contributed by atoms with Gasteiger partial charge in [-0.25, -0.2) is 0 Å². The fourth-order valence-corrected chi connectivity index (χ4v) is 1.56. The molecule has 1 fully saturated rings. The highest BCUT2D eigenvalue weighted by molar-refractivity contribution is 4.76. The van der Waals surface area contributed by atoms with Gasteiger partial charge < -0.3 is 15.2 Å². The van der Waals surface area contributed by atoms with Crippen LogP contribution in [0.25, 0.3) is 0 Å². The Bertz CT molecular complexity index is 159. The van der Waals surface area contributed by atoms with Gasteiger partial charge in [-0.2, -0.15) is 0 Å². The van der Waals surface area contributed by atoms with Gasteiger partial charge in [0, 0.05) is 5.41 Å². The topological polar surface area (TPSA) is 44.5 Å². The van der Waals surface area contributed by atoms with Crippen molar-refractivity contribution in [1.82, 2.24) is 0 Å². The highest BCUT2D eigenvalue weighted by atomic mass is 16.7. The summed E-state index contributed by atoms with van der Waals surface area (Å²) in [6, 6.07) is 0. The molecule has 1 heterocycles. The van der Waals surface area contributed by atoms with Gasteiger partial charge in [-0.05, 0) is 26.3 Å². The largest absolute Gasteiger partial charge is 0.352 e. The van der Waals surface area contributed by atoms with Gasteiger partial charge in [0.15, 0.2) is 6.29 Å².